The van der Waals surface area contributed by atoms with Gasteiger partial charge in [0.25, 0.3) is 5.91 Å². The third-order valence-corrected chi connectivity index (χ3v) is 7.08. The standard InChI is InChI=1S/C24H30N2O5/c1-14-8-20(23-15(2)16(3)24(28)31-21(23)9-14)30-13-22(27)25-6-7-26-18(10-25)11-29-12-19(26)17-4-5-17/h8-9,17-19H,4-7,10-13H2,1-3H3/t18-,19-/m1/s1. The van der Waals surface area contributed by atoms with Gasteiger partial charge < -0.3 is 18.8 Å². The van der Waals surface area contributed by atoms with Gasteiger partial charge in [-0.25, -0.2) is 4.79 Å². The van der Waals surface area contributed by atoms with Crippen molar-refractivity contribution in [1.29, 1.82) is 0 Å². The molecule has 0 N–H and O–H groups in total. The van der Waals surface area contributed by atoms with Crippen LogP contribution in [0.15, 0.2) is 21.3 Å². The molecule has 1 aromatic heterocycles. The molecular formula is C24H30N2O5. The van der Waals surface area contributed by atoms with Gasteiger partial charge in [0.2, 0.25) is 0 Å². The topological polar surface area (TPSA) is 72.2 Å². The van der Waals surface area contributed by atoms with E-state index in [2.05, 4.69) is 4.90 Å². The molecule has 1 aliphatic carbocycles. The average molecular weight is 427 g/mol. The number of ether oxygens (including phenoxy) is 2. The molecule has 7 heteroatoms. The molecule has 0 radical (unpaired) electrons. The zero-order chi connectivity index (χ0) is 21.7. The molecule has 2 aromatic rings. The maximum atomic E-state index is 13.0. The lowest BCUT2D eigenvalue weighted by molar-refractivity contribution is -0.142. The van der Waals surface area contributed by atoms with E-state index in [1.807, 2.05) is 30.9 Å². The smallest absolute Gasteiger partial charge is 0.339 e. The summed E-state index contributed by atoms with van der Waals surface area (Å²) < 4.78 is 17.3. The van der Waals surface area contributed by atoms with Crippen LogP contribution in [0.5, 0.6) is 5.75 Å². The van der Waals surface area contributed by atoms with Gasteiger partial charge in [-0.2, -0.15) is 0 Å². The zero-order valence-electron chi connectivity index (χ0n) is 18.5. The fraction of sp³-hybridized carbons (Fsp3) is 0.583. The SMILES string of the molecule is Cc1cc(OCC(=O)N2CCN3[C@@H](COC[C@@H]3C3CC3)C2)c2c(C)c(C)c(=O)oc2c1. The van der Waals surface area contributed by atoms with Crippen LogP contribution >= 0.6 is 0 Å². The fourth-order valence-corrected chi connectivity index (χ4v) is 5.02. The van der Waals surface area contributed by atoms with Gasteiger partial charge in [0, 0.05) is 31.2 Å². The van der Waals surface area contributed by atoms with Crippen molar-refractivity contribution in [2.75, 3.05) is 39.5 Å². The number of aryl methyl sites for hydroxylation is 2. The van der Waals surface area contributed by atoms with Gasteiger partial charge in [-0.3, -0.25) is 9.69 Å². The van der Waals surface area contributed by atoms with Gasteiger partial charge >= 0.3 is 5.63 Å². The number of nitrogens with zero attached hydrogens (tertiary/aromatic N) is 2. The number of amides is 1. The number of benzene rings is 1. The van der Waals surface area contributed by atoms with Crippen molar-refractivity contribution in [3.05, 3.63) is 39.2 Å². The number of piperazine rings is 1. The van der Waals surface area contributed by atoms with Crippen LogP contribution in [0.3, 0.4) is 0 Å². The van der Waals surface area contributed by atoms with Crippen molar-refractivity contribution >= 4 is 16.9 Å². The molecule has 1 aromatic carbocycles. The fourth-order valence-electron chi connectivity index (χ4n) is 5.02. The Morgan fingerprint density at radius 1 is 1.13 bits per heavy atom. The molecule has 0 bridgehead atoms. The Balaban J connectivity index is 1.29. The summed E-state index contributed by atoms with van der Waals surface area (Å²) in [5.74, 6) is 1.34. The normalized spacial score (nSPS) is 24.3. The molecule has 5 rings (SSSR count). The molecule has 2 atom stereocenters. The first-order valence-corrected chi connectivity index (χ1v) is 11.2. The third-order valence-electron chi connectivity index (χ3n) is 7.08. The largest absolute Gasteiger partial charge is 0.483 e. The summed E-state index contributed by atoms with van der Waals surface area (Å²) in [5.41, 5.74) is 2.46. The van der Waals surface area contributed by atoms with Crippen molar-refractivity contribution in [2.24, 2.45) is 5.92 Å². The van der Waals surface area contributed by atoms with Crippen LogP contribution in [-0.2, 0) is 9.53 Å². The Morgan fingerprint density at radius 2 is 1.94 bits per heavy atom. The number of fused-ring (bicyclic) bond motifs is 2. The lowest BCUT2D eigenvalue weighted by Gasteiger charge is -2.48. The predicted molar refractivity (Wildman–Crippen MR) is 117 cm³/mol. The Labute approximate surface area is 181 Å². The zero-order valence-corrected chi connectivity index (χ0v) is 18.5. The minimum atomic E-state index is -0.338. The second-order valence-corrected chi connectivity index (χ2v) is 9.24. The molecule has 1 saturated carbocycles. The van der Waals surface area contributed by atoms with Crippen LogP contribution in [0.2, 0.25) is 0 Å². The van der Waals surface area contributed by atoms with Crippen molar-refractivity contribution in [3.63, 3.8) is 0 Å². The number of rotatable bonds is 4. The first kappa shape index (κ1) is 20.5. The Hall–Kier alpha value is -2.38. The molecule has 0 unspecified atom stereocenters. The second-order valence-electron chi connectivity index (χ2n) is 9.24. The molecule has 2 saturated heterocycles. The number of carbonyl (C=O) groups is 1. The van der Waals surface area contributed by atoms with E-state index in [1.165, 1.54) is 12.8 Å². The highest BCUT2D eigenvalue weighted by Gasteiger charge is 2.43. The first-order valence-electron chi connectivity index (χ1n) is 11.2. The number of hydrogen-bond acceptors (Lipinski definition) is 6. The summed E-state index contributed by atoms with van der Waals surface area (Å²) in [4.78, 5) is 29.5. The van der Waals surface area contributed by atoms with E-state index in [0.717, 1.165) is 42.1 Å². The van der Waals surface area contributed by atoms with E-state index >= 15 is 0 Å². The summed E-state index contributed by atoms with van der Waals surface area (Å²) in [6.07, 6.45) is 2.61. The van der Waals surface area contributed by atoms with Crippen LogP contribution < -0.4 is 10.4 Å². The van der Waals surface area contributed by atoms with E-state index in [-0.39, 0.29) is 24.2 Å². The Morgan fingerprint density at radius 3 is 2.71 bits per heavy atom. The van der Waals surface area contributed by atoms with Crippen molar-refractivity contribution in [1.82, 2.24) is 9.80 Å². The van der Waals surface area contributed by atoms with E-state index in [9.17, 15) is 9.59 Å². The number of morpholine rings is 1. The molecule has 3 fully saturated rings. The van der Waals surface area contributed by atoms with E-state index < -0.39 is 0 Å². The van der Waals surface area contributed by atoms with Crippen molar-refractivity contribution < 1.29 is 18.7 Å². The highest BCUT2D eigenvalue weighted by atomic mass is 16.5. The third kappa shape index (κ3) is 3.85. The molecule has 7 nitrogen and oxygen atoms in total. The Kier molecular flexibility index (Phi) is 5.26. The highest BCUT2D eigenvalue weighted by molar-refractivity contribution is 5.88. The quantitative estimate of drug-likeness (QED) is 0.700. The first-order chi connectivity index (χ1) is 14.9. The summed E-state index contributed by atoms with van der Waals surface area (Å²) in [6, 6.07) is 4.52. The molecule has 2 aliphatic heterocycles. The molecule has 3 aliphatic rings. The van der Waals surface area contributed by atoms with Crippen LogP contribution in [0.1, 0.15) is 29.5 Å². The lowest BCUT2D eigenvalue weighted by Crippen LogP contribution is -2.63. The minimum absolute atomic E-state index is 0.0189. The van der Waals surface area contributed by atoms with Crippen LogP contribution in [0.4, 0.5) is 0 Å². The minimum Gasteiger partial charge on any atom is -0.483 e. The average Bonchev–Trinajstić information content (AvgIpc) is 3.60. The summed E-state index contributed by atoms with van der Waals surface area (Å²) in [5, 5.41) is 0.758. The second kappa shape index (κ2) is 7.95. The van der Waals surface area contributed by atoms with Crippen molar-refractivity contribution in [2.45, 2.75) is 45.7 Å². The highest BCUT2D eigenvalue weighted by Crippen LogP contribution is 2.38. The van der Waals surface area contributed by atoms with E-state index in [0.29, 0.717) is 36.1 Å². The van der Waals surface area contributed by atoms with Gasteiger partial charge in [-0.05, 0) is 62.8 Å². The molecule has 0 spiro atoms. The van der Waals surface area contributed by atoms with Crippen LogP contribution in [0, 0.1) is 26.7 Å². The monoisotopic (exact) mass is 426 g/mol. The summed E-state index contributed by atoms with van der Waals surface area (Å²) in [6.45, 7) is 9.35. The molecular weight excluding hydrogens is 396 g/mol. The maximum absolute atomic E-state index is 13.0. The van der Waals surface area contributed by atoms with Crippen LogP contribution in [0.25, 0.3) is 11.0 Å². The van der Waals surface area contributed by atoms with Gasteiger partial charge in [0.05, 0.1) is 24.6 Å². The van der Waals surface area contributed by atoms with Gasteiger partial charge in [-0.1, -0.05) is 0 Å². The molecule has 3 heterocycles. The van der Waals surface area contributed by atoms with Gasteiger partial charge in [0.1, 0.15) is 11.3 Å². The lowest BCUT2D eigenvalue weighted by atomic mass is 10.0. The summed E-state index contributed by atoms with van der Waals surface area (Å²) in [7, 11) is 0. The van der Waals surface area contributed by atoms with E-state index in [4.69, 9.17) is 13.9 Å². The summed E-state index contributed by atoms with van der Waals surface area (Å²) >= 11 is 0. The van der Waals surface area contributed by atoms with Crippen LogP contribution in [-0.4, -0.2) is 67.2 Å². The maximum Gasteiger partial charge on any atom is 0.339 e. The van der Waals surface area contributed by atoms with Gasteiger partial charge in [-0.15, -0.1) is 0 Å². The van der Waals surface area contributed by atoms with E-state index in [1.54, 1.807) is 6.92 Å². The molecule has 166 valence electrons. The molecule has 31 heavy (non-hydrogen) atoms. The number of carbonyl (C=O) groups excluding carboxylic acids is 1. The number of hydrogen-bond donors (Lipinski definition) is 0. The van der Waals surface area contributed by atoms with Crippen molar-refractivity contribution in [3.8, 4) is 5.75 Å². The predicted octanol–water partition coefficient (Wildman–Crippen LogP) is 2.42. The van der Waals surface area contributed by atoms with Gasteiger partial charge in [0.15, 0.2) is 6.61 Å². The Bertz CT molecular complexity index is 1070. The molecule has 1 amide bonds.